The molecule has 150 valence electrons. The Hall–Kier alpha value is -3.33. The van der Waals surface area contributed by atoms with Gasteiger partial charge in [0.2, 0.25) is 0 Å². The van der Waals surface area contributed by atoms with E-state index in [0.717, 1.165) is 54.0 Å². The Morgan fingerprint density at radius 2 is 1.55 bits per heavy atom. The van der Waals surface area contributed by atoms with Gasteiger partial charge in [0.15, 0.2) is 0 Å². The monoisotopic (exact) mass is 388 g/mol. The van der Waals surface area contributed by atoms with Gasteiger partial charge in [-0.15, -0.1) is 5.11 Å². The van der Waals surface area contributed by atoms with Gasteiger partial charge in [-0.2, -0.15) is 9.89 Å². The highest BCUT2D eigenvalue weighted by atomic mass is 15.7. The van der Waals surface area contributed by atoms with Crippen molar-refractivity contribution in [1.29, 1.82) is 0 Å². The molecule has 6 nitrogen and oxygen atoms in total. The SMILES string of the molecule is CCN(CC)N=Nc1ccccc1C#Cc1c2ccccc2nn1N(CC)CC. The minimum atomic E-state index is 0.769. The van der Waals surface area contributed by atoms with Crippen LogP contribution in [-0.2, 0) is 0 Å². The predicted octanol–water partition coefficient (Wildman–Crippen LogP) is 4.75. The van der Waals surface area contributed by atoms with Crippen LogP contribution < -0.4 is 5.01 Å². The van der Waals surface area contributed by atoms with Crippen molar-refractivity contribution in [2.75, 3.05) is 31.2 Å². The number of fused-ring (bicyclic) bond motifs is 1. The van der Waals surface area contributed by atoms with Gasteiger partial charge < -0.3 is 0 Å². The molecule has 0 aliphatic heterocycles. The molecule has 6 heteroatoms. The van der Waals surface area contributed by atoms with E-state index < -0.39 is 0 Å². The fraction of sp³-hybridized carbons (Fsp3) is 0.348. The van der Waals surface area contributed by atoms with Crippen molar-refractivity contribution >= 4 is 16.6 Å². The van der Waals surface area contributed by atoms with Gasteiger partial charge in [-0.1, -0.05) is 35.4 Å². The molecule has 0 saturated carbocycles. The first-order valence-corrected chi connectivity index (χ1v) is 10.2. The van der Waals surface area contributed by atoms with Crippen molar-refractivity contribution in [1.82, 2.24) is 14.9 Å². The molecular weight excluding hydrogens is 360 g/mol. The van der Waals surface area contributed by atoms with Crippen LogP contribution in [0.2, 0.25) is 0 Å². The summed E-state index contributed by atoms with van der Waals surface area (Å²) in [5.41, 5.74) is 3.45. The van der Waals surface area contributed by atoms with Crippen molar-refractivity contribution < 1.29 is 0 Å². The van der Waals surface area contributed by atoms with Gasteiger partial charge in [-0.3, -0.25) is 10.0 Å². The average Bonchev–Trinajstić information content (AvgIpc) is 3.13. The van der Waals surface area contributed by atoms with E-state index in [-0.39, 0.29) is 0 Å². The summed E-state index contributed by atoms with van der Waals surface area (Å²) in [5.74, 6) is 6.65. The molecule has 0 radical (unpaired) electrons. The lowest BCUT2D eigenvalue weighted by atomic mass is 10.1. The molecule has 0 unspecified atom stereocenters. The Morgan fingerprint density at radius 3 is 2.28 bits per heavy atom. The van der Waals surface area contributed by atoms with E-state index in [1.807, 2.05) is 52.3 Å². The summed E-state index contributed by atoms with van der Waals surface area (Å²) >= 11 is 0. The largest absolute Gasteiger partial charge is 0.296 e. The Labute approximate surface area is 172 Å². The maximum Gasteiger partial charge on any atom is 0.143 e. The second kappa shape index (κ2) is 9.74. The quantitative estimate of drug-likeness (QED) is 0.333. The number of nitrogens with zero attached hydrogens (tertiary/aromatic N) is 6. The Bertz CT molecular complexity index is 1030. The van der Waals surface area contributed by atoms with Crippen molar-refractivity contribution in [2.45, 2.75) is 27.7 Å². The first kappa shape index (κ1) is 20.4. The lowest BCUT2D eigenvalue weighted by Crippen LogP contribution is -2.35. The van der Waals surface area contributed by atoms with Gasteiger partial charge in [0.05, 0.1) is 11.1 Å². The zero-order valence-electron chi connectivity index (χ0n) is 17.6. The molecule has 1 heterocycles. The topological polar surface area (TPSA) is 49.0 Å². The van der Waals surface area contributed by atoms with E-state index in [1.165, 1.54) is 0 Å². The first-order valence-electron chi connectivity index (χ1n) is 10.2. The van der Waals surface area contributed by atoms with Crippen LogP contribution in [-0.4, -0.2) is 41.1 Å². The third-order valence-corrected chi connectivity index (χ3v) is 4.79. The van der Waals surface area contributed by atoms with Gasteiger partial charge in [0.1, 0.15) is 11.4 Å². The number of rotatable bonds is 7. The highest BCUT2D eigenvalue weighted by Gasteiger charge is 2.12. The lowest BCUT2D eigenvalue weighted by molar-refractivity contribution is 0.300. The normalized spacial score (nSPS) is 10.9. The van der Waals surface area contributed by atoms with E-state index in [0.29, 0.717) is 0 Å². The van der Waals surface area contributed by atoms with E-state index in [2.05, 4.69) is 60.9 Å². The van der Waals surface area contributed by atoms with Crippen LogP contribution in [0.15, 0.2) is 58.9 Å². The smallest absolute Gasteiger partial charge is 0.143 e. The fourth-order valence-electron chi connectivity index (χ4n) is 3.09. The molecule has 0 aliphatic carbocycles. The molecular formula is C23H28N6. The molecule has 0 amide bonds. The molecule has 0 bridgehead atoms. The number of benzene rings is 2. The summed E-state index contributed by atoms with van der Waals surface area (Å²) < 4.78 is 0. The third kappa shape index (κ3) is 4.57. The highest BCUT2D eigenvalue weighted by molar-refractivity contribution is 5.84. The van der Waals surface area contributed by atoms with Gasteiger partial charge >= 0.3 is 0 Å². The van der Waals surface area contributed by atoms with Crippen LogP contribution >= 0.6 is 0 Å². The molecule has 0 atom stereocenters. The summed E-state index contributed by atoms with van der Waals surface area (Å²) in [6.45, 7) is 11.7. The Balaban J connectivity index is 2.05. The van der Waals surface area contributed by atoms with Gasteiger partial charge in [-0.05, 0) is 57.9 Å². The average molecular weight is 389 g/mol. The number of hydrogen-bond acceptors (Lipinski definition) is 4. The molecule has 29 heavy (non-hydrogen) atoms. The zero-order chi connectivity index (χ0) is 20.6. The third-order valence-electron chi connectivity index (χ3n) is 4.79. The minimum absolute atomic E-state index is 0.769. The summed E-state index contributed by atoms with van der Waals surface area (Å²) in [5, 5.41) is 18.6. The van der Waals surface area contributed by atoms with Crippen molar-refractivity contribution in [2.24, 2.45) is 10.3 Å². The predicted molar refractivity (Wildman–Crippen MR) is 119 cm³/mol. The summed E-state index contributed by atoms with van der Waals surface area (Å²) in [7, 11) is 0. The van der Waals surface area contributed by atoms with Crippen LogP contribution in [0, 0.1) is 11.8 Å². The standard InChI is InChI=1S/C23H28N6/c1-5-27(6-2)26-24-21-15-11-9-13-19(21)17-18-23-20-14-10-12-16-22(20)25-29(23)28(7-3)8-4/h9-16H,5-8H2,1-4H3. The van der Waals surface area contributed by atoms with Crippen molar-refractivity contribution in [3.05, 3.63) is 59.8 Å². The molecule has 0 fully saturated rings. The zero-order valence-corrected chi connectivity index (χ0v) is 17.6. The lowest BCUT2D eigenvalue weighted by Gasteiger charge is -2.21. The van der Waals surface area contributed by atoms with Gasteiger partial charge in [0, 0.05) is 31.6 Å². The van der Waals surface area contributed by atoms with Crippen LogP contribution in [0.1, 0.15) is 39.0 Å². The number of aromatic nitrogens is 2. The Kier molecular flexibility index (Phi) is 6.85. The van der Waals surface area contributed by atoms with E-state index in [4.69, 9.17) is 5.10 Å². The summed E-state index contributed by atoms with van der Waals surface area (Å²) in [6, 6.07) is 16.0. The second-order valence-corrected chi connectivity index (χ2v) is 6.49. The highest BCUT2D eigenvalue weighted by Crippen LogP contribution is 2.21. The van der Waals surface area contributed by atoms with Crippen LogP contribution in [0.4, 0.5) is 5.69 Å². The molecule has 1 aromatic heterocycles. The van der Waals surface area contributed by atoms with Crippen LogP contribution in [0.25, 0.3) is 10.9 Å². The van der Waals surface area contributed by atoms with Crippen molar-refractivity contribution in [3.63, 3.8) is 0 Å². The van der Waals surface area contributed by atoms with Crippen LogP contribution in [0.5, 0.6) is 0 Å². The molecule has 0 spiro atoms. The van der Waals surface area contributed by atoms with Gasteiger partial charge in [-0.25, -0.2) is 0 Å². The molecule has 0 N–H and O–H groups in total. The second-order valence-electron chi connectivity index (χ2n) is 6.49. The van der Waals surface area contributed by atoms with Gasteiger partial charge in [0.25, 0.3) is 0 Å². The van der Waals surface area contributed by atoms with E-state index in [9.17, 15) is 0 Å². The van der Waals surface area contributed by atoms with Crippen LogP contribution in [0.3, 0.4) is 0 Å². The van der Waals surface area contributed by atoms with E-state index >= 15 is 0 Å². The molecule has 0 aliphatic rings. The minimum Gasteiger partial charge on any atom is -0.296 e. The maximum absolute atomic E-state index is 4.76. The maximum atomic E-state index is 4.76. The molecule has 2 aromatic carbocycles. The molecule has 3 aromatic rings. The van der Waals surface area contributed by atoms with E-state index in [1.54, 1.807) is 0 Å². The summed E-state index contributed by atoms with van der Waals surface area (Å²) in [6.07, 6.45) is 0. The first-order chi connectivity index (χ1) is 14.2. The number of hydrogen-bond donors (Lipinski definition) is 0. The molecule has 0 saturated heterocycles. The summed E-state index contributed by atoms with van der Waals surface area (Å²) in [4.78, 5) is 1.93. The molecule has 3 rings (SSSR count). The fourth-order valence-corrected chi connectivity index (χ4v) is 3.09. The Morgan fingerprint density at radius 1 is 0.862 bits per heavy atom. The van der Waals surface area contributed by atoms with Crippen molar-refractivity contribution in [3.8, 4) is 11.8 Å².